The van der Waals surface area contributed by atoms with Crippen LogP contribution in [0.3, 0.4) is 0 Å². The van der Waals surface area contributed by atoms with Crippen LogP contribution < -0.4 is 5.73 Å². The number of rotatable bonds is 5. The molecule has 0 saturated heterocycles. The van der Waals surface area contributed by atoms with Gasteiger partial charge in [-0.3, -0.25) is 4.79 Å². The largest absolute Gasteiger partial charge is 0.330 e. The summed E-state index contributed by atoms with van der Waals surface area (Å²) in [6, 6.07) is 8.41. The second-order valence-corrected chi connectivity index (χ2v) is 4.89. The first kappa shape index (κ1) is 11.3. The topological polar surface area (TPSA) is 43.1 Å². The minimum Gasteiger partial charge on any atom is -0.330 e. The van der Waals surface area contributed by atoms with Crippen molar-refractivity contribution in [3.05, 3.63) is 35.4 Å². The van der Waals surface area contributed by atoms with Gasteiger partial charge in [0.25, 0.3) is 0 Å². The molecule has 2 rings (SSSR count). The highest BCUT2D eigenvalue weighted by molar-refractivity contribution is 5.80. The van der Waals surface area contributed by atoms with Gasteiger partial charge in [-0.15, -0.1) is 0 Å². The van der Waals surface area contributed by atoms with Gasteiger partial charge in [-0.25, -0.2) is 0 Å². The Bertz CT molecular complexity index is 386. The summed E-state index contributed by atoms with van der Waals surface area (Å²) in [5, 5.41) is 0. The van der Waals surface area contributed by atoms with E-state index in [1.807, 2.05) is 6.92 Å². The van der Waals surface area contributed by atoms with Gasteiger partial charge in [0.15, 0.2) is 0 Å². The summed E-state index contributed by atoms with van der Waals surface area (Å²) in [5.41, 5.74) is 8.30. The number of Topliss-reactive ketones (excluding diaryl/α,β-unsaturated/α-hetero) is 1. The van der Waals surface area contributed by atoms with Crippen LogP contribution in [0.5, 0.6) is 0 Å². The van der Waals surface area contributed by atoms with Crippen LogP contribution in [-0.2, 0) is 11.2 Å². The Morgan fingerprint density at radius 3 is 2.94 bits per heavy atom. The van der Waals surface area contributed by atoms with Gasteiger partial charge in [0, 0.05) is 12.8 Å². The summed E-state index contributed by atoms with van der Waals surface area (Å²) in [4.78, 5) is 11.8. The molecule has 0 bridgehead atoms. The van der Waals surface area contributed by atoms with Crippen LogP contribution in [0.2, 0.25) is 0 Å². The molecular formula is C14H19NO. The van der Waals surface area contributed by atoms with E-state index in [1.54, 1.807) is 0 Å². The number of carbonyl (C=O) groups is 1. The molecule has 0 fully saturated rings. The molecule has 0 saturated carbocycles. The normalized spacial score (nSPS) is 19.8. The van der Waals surface area contributed by atoms with E-state index in [1.165, 1.54) is 11.1 Å². The Hall–Kier alpha value is -1.15. The molecule has 1 aromatic rings. The molecular weight excluding hydrogens is 198 g/mol. The van der Waals surface area contributed by atoms with E-state index < -0.39 is 0 Å². The van der Waals surface area contributed by atoms with Crippen LogP contribution in [0.1, 0.15) is 36.8 Å². The Kier molecular flexibility index (Phi) is 3.39. The average Bonchev–Trinajstić information content (AvgIpc) is 2.26. The Balaban J connectivity index is 1.87. The summed E-state index contributed by atoms with van der Waals surface area (Å²) in [5.74, 6) is 1.15. The Labute approximate surface area is 96.8 Å². The molecule has 0 radical (unpaired) electrons. The van der Waals surface area contributed by atoms with E-state index in [-0.39, 0.29) is 0 Å². The van der Waals surface area contributed by atoms with Gasteiger partial charge in [-0.1, -0.05) is 31.2 Å². The number of ketones is 1. The summed E-state index contributed by atoms with van der Waals surface area (Å²) >= 11 is 0. The average molecular weight is 217 g/mol. The fraction of sp³-hybridized carbons (Fsp3) is 0.500. The third kappa shape index (κ3) is 2.33. The van der Waals surface area contributed by atoms with E-state index in [0.29, 0.717) is 37.0 Å². The van der Waals surface area contributed by atoms with Gasteiger partial charge >= 0.3 is 0 Å². The smallest absolute Gasteiger partial charge is 0.133 e. The zero-order chi connectivity index (χ0) is 11.5. The highest BCUT2D eigenvalue weighted by Gasteiger charge is 2.27. The molecule has 0 spiro atoms. The number of benzene rings is 1. The van der Waals surface area contributed by atoms with E-state index in [2.05, 4.69) is 24.3 Å². The van der Waals surface area contributed by atoms with Crippen LogP contribution in [0, 0.1) is 5.92 Å². The standard InChI is InChI=1S/C14H19NO/c1-10(9-15)6-13(16)8-12-7-11-4-2-3-5-14(11)12/h2-5,10,12H,6-9,15H2,1H3. The first-order valence-corrected chi connectivity index (χ1v) is 6.00. The van der Waals surface area contributed by atoms with Crippen molar-refractivity contribution in [1.82, 2.24) is 0 Å². The van der Waals surface area contributed by atoms with Gasteiger partial charge in [0.1, 0.15) is 5.78 Å². The van der Waals surface area contributed by atoms with Gasteiger partial charge in [-0.2, -0.15) is 0 Å². The number of carbonyl (C=O) groups excluding carboxylic acids is 1. The molecule has 2 N–H and O–H groups in total. The molecule has 2 nitrogen and oxygen atoms in total. The maximum absolute atomic E-state index is 11.8. The third-order valence-electron chi connectivity index (χ3n) is 3.41. The molecule has 0 aromatic heterocycles. The monoisotopic (exact) mass is 217 g/mol. The van der Waals surface area contributed by atoms with Crippen molar-refractivity contribution in [2.24, 2.45) is 11.7 Å². The molecule has 0 amide bonds. The third-order valence-corrected chi connectivity index (χ3v) is 3.41. The summed E-state index contributed by atoms with van der Waals surface area (Å²) < 4.78 is 0. The number of hydrogen-bond donors (Lipinski definition) is 1. The first-order valence-electron chi connectivity index (χ1n) is 6.00. The van der Waals surface area contributed by atoms with Gasteiger partial charge in [0.05, 0.1) is 0 Å². The quantitative estimate of drug-likeness (QED) is 0.822. The van der Waals surface area contributed by atoms with Crippen molar-refractivity contribution in [3.63, 3.8) is 0 Å². The molecule has 2 atom stereocenters. The lowest BCUT2D eigenvalue weighted by atomic mass is 9.74. The molecule has 1 aliphatic carbocycles. The van der Waals surface area contributed by atoms with Crippen LogP contribution in [0.15, 0.2) is 24.3 Å². The van der Waals surface area contributed by atoms with Crippen LogP contribution in [0.4, 0.5) is 0 Å². The molecule has 2 heteroatoms. The lowest BCUT2D eigenvalue weighted by Crippen LogP contribution is -2.22. The number of fused-ring (bicyclic) bond motifs is 1. The van der Waals surface area contributed by atoms with Crippen LogP contribution in [0.25, 0.3) is 0 Å². The van der Waals surface area contributed by atoms with Crippen LogP contribution in [-0.4, -0.2) is 12.3 Å². The van der Waals surface area contributed by atoms with Gasteiger partial charge in [0.2, 0.25) is 0 Å². The summed E-state index contributed by atoms with van der Waals surface area (Å²) in [6.45, 7) is 2.64. The van der Waals surface area contributed by atoms with E-state index in [9.17, 15) is 4.79 Å². The second-order valence-electron chi connectivity index (χ2n) is 4.89. The Morgan fingerprint density at radius 1 is 1.50 bits per heavy atom. The minimum atomic E-state index is 0.322. The highest BCUT2D eigenvalue weighted by atomic mass is 16.1. The van der Waals surface area contributed by atoms with Crippen LogP contribution >= 0.6 is 0 Å². The Morgan fingerprint density at radius 2 is 2.25 bits per heavy atom. The highest BCUT2D eigenvalue weighted by Crippen LogP contribution is 2.37. The molecule has 2 unspecified atom stereocenters. The molecule has 1 aromatic carbocycles. The molecule has 1 aliphatic rings. The maximum atomic E-state index is 11.8. The maximum Gasteiger partial charge on any atom is 0.133 e. The predicted octanol–water partition coefficient (Wildman–Crippen LogP) is 2.27. The lowest BCUT2D eigenvalue weighted by molar-refractivity contribution is -0.120. The fourth-order valence-corrected chi connectivity index (χ4v) is 2.37. The fourth-order valence-electron chi connectivity index (χ4n) is 2.37. The summed E-state index contributed by atoms with van der Waals surface area (Å²) in [6.07, 6.45) is 2.40. The zero-order valence-corrected chi connectivity index (χ0v) is 9.78. The van der Waals surface area contributed by atoms with E-state index >= 15 is 0 Å². The van der Waals surface area contributed by atoms with Crippen molar-refractivity contribution >= 4 is 5.78 Å². The van der Waals surface area contributed by atoms with Gasteiger partial charge < -0.3 is 5.73 Å². The molecule has 16 heavy (non-hydrogen) atoms. The van der Waals surface area contributed by atoms with E-state index in [4.69, 9.17) is 5.73 Å². The predicted molar refractivity (Wildman–Crippen MR) is 65.3 cm³/mol. The number of hydrogen-bond acceptors (Lipinski definition) is 2. The second kappa shape index (κ2) is 4.79. The SMILES string of the molecule is CC(CN)CC(=O)CC1Cc2ccccc21. The van der Waals surface area contributed by atoms with Crippen molar-refractivity contribution in [2.45, 2.75) is 32.1 Å². The molecule has 0 heterocycles. The number of nitrogens with two attached hydrogens (primary N) is 1. The van der Waals surface area contributed by atoms with Crippen molar-refractivity contribution in [1.29, 1.82) is 0 Å². The summed E-state index contributed by atoms with van der Waals surface area (Å²) in [7, 11) is 0. The minimum absolute atomic E-state index is 0.322. The van der Waals surface area contributed by atoms with E-state index in [0.717, 1.165) is 6.42 Å². The van der Waals surface area contributed by atoms with Crippen molar-refractivity contribution < 1.29 is 4.79 Å². The van der Waals surface area contributed by atoms with Crippen molar-refractivity contribution in [3.8, 4) is 0 Å². The van der Waals surface area contributed by atoms with Gasteiger partial charge in [-0.05, 0) is 35.9 Å². The first-order chi connectivity index (χ1) is 7.70. The lowest BCUT2D eigenvalue weighted by Gasteiger charge is -2.29. The zero-order valence-electron chi connectivity index (χ0n) is 9.78. The molecule has 86 valence electrons. The van der Waals surface area contributed by atoms with Crippen molar-refractivity contribution in [2.75, 3.05) is 6.54 Å². The molecule has 0 aliphatic heterocycles.